The second-order valence-corrected chi connectivity index (χ2v) is 4.08. The fraction of sp³-hybridized carbons (Fsp3) is 0.636. The third-order valence-corrected chi connectivity index (χ3v) is 2.28. The summed E-state index contributed by atoms with van der Waals surface area (Å²) in [4.78, 5) is 8.91. The molecule has 0 aromatic carbocycles. The van der Waals surface area contributed by atoms with E-state index in [0.717, 1.165) is 17.2 Å². The zero-order chi connectivity index (χ0) is 10.7. The highest BCUT2D eigenvalue weighted by atomic mass is 14.9. The lowest BCUT2D eigenvalue weighted by Gasteiger charge is -2.11. The van der Waals surface area contributed by atoms with Gasteiger partial charge in [-0.15, -0.1) is 0 Å². The fourth-order valence-electron chi connectivity index (χ4n) is 1.24. The van der Waals surface area contributed by atoms with Crippen LogP contribution in [-0.4, -0.2) is 16.5 Å². The van der Waals surface area contributed by atoms with Crippen LogP contribution in [0.2, 0.25) is 0 Å². The summed E-state index contributed by atoms with van der Waals surface area (Å²) >= 11 is 0. The van der Waals surface area contributed by atoms with Gasteiger partial charge in [-0.3, -0.25) is 0 Å². The summed E-state index contributed by atoms with van der Waals surface area (Å²) in [7, 11) is 0. The predicted molar refractivity (Wildman–Crippen MR) is 58.3 cm³/mol. The molecule has 0 saturated heterocycles. The van der Waals surface area contributed by atoms with Crippen LogP contribution in [0.15, 0.2) is 6.07 Å². The molecule has 0 fully saturated rings. The number of rotatable bonds is 3. The fourth-order valence-corrected chi connectivity index (χ4v) is 1.24. The highest BCUT2D eigenvalue weighted by Crippen LogP contribution is 2.16. The quantitative estimate of drug-likeness (QED) is 0.798. The van der Waals surface area contributed by atoms with Crippen molar-refractivity contribution in [3.8, 4) is 0 Å². The van der Waals surface area contributed by atoms with Crippen LogP contribution in [0, 0.1) is 6.92 Å². The van der Waals surface area contributed by atoms with Gasteiger partial charge in [0, 0.05) is 23.9 Å². The Morgan fingerprint density at radius 2 is 1.93 bits per heavy atom. The van der Waals surface area contributed by atoms with Crippen molar-refractivity contribution in [2.75, 3.05) is 6.54 Å². The van der Waals surface area contributed by atoms with Crippen molar-refractivity contribution in [1.82, 2.24) is 9.97 Å². The molecule has 78 valence electrons. The monoisotopic (exact) mass is 193 g/mol. The maximum absolute atomic E-state index is 5.60. The molecule has 3 nitrogen and oxygen atoms in total. The Morgan fingerprint density at radius 3 is 2.43 bits per heavy atom. The second kappa shape index (κ2) is 4.51. The first-order valence-corrected chi connectivity index (χ1v) is 5.10. The number of nitrogens with two attached hydrogens (primary N) is 1. The number of nitrogens with zero attached hydrogens (tertiary/aromatic N) is 2. The molecular weight excluding hydrogens is 174 g/mol. The Bertz CT molecular complexity index is 307. The Labute approximate surface area is 85.8 Å². The van der Waals surface area contributed by atoms with Crippen molar-refractivity contribution >= 4 is 0 Å². The lowest BCUT2D eigenvalue weighted by atomic mass is 10.1. The van der Waals surface area contributed by atoms with Crippen LogP contribution in [0.25, 0.3) is 0 Å². The molecule has 14 heavy (non-hydrogen) atoms. The molecule has 1 unspecified atom stereocenters. The molecule has 1 rings (SSSR count). The first-order valence-electron chi connectivity index (χ1n) is 5.10. The van der Waals surface area contributed by atoms with E-state index in [2.05, 4.69) is 30.7 Å². The Balaban J connectivity index is 3.07. The van der Waals surface area contributed by atoms with Gasteiger partial charge in [-0.05, 0) is 18.9 Å². The van der Waals surface area contributed by atoms with Crippen molar-refractivity contribution in [3.05, 3.63) is 23.3 Å². The van der Waals surface area contributed by atoms with E-state index in [1.54, 1.807) is 0 Å². The molecule has 1 heterocycles. The van der Waals surface area contributed by atoms with Gasteiger partial charge < -0.3 is 5.73 Å². The highest BCUT2D eigenvalue weighted by molar-refractivity contribution is 5.14. The number of aryl methyl sites for hydroxylation is 1. The summed E-state index contributed by atoms with van der Waals surface area (Å²) in [6, 6.07) is 2.04. The van der Waals surface area contributed by atoms with Crippen molar-refractivity contribution in [2.24, 2.45) is 5.73 Å². The van der Waals surface area contributed by atoms with Gasteiger partial charge in [-0.25, -0.2) is 9.97 Å². The van der Waals surface area contributed by atoms with Gasteiger partial charge in [-0.1, -0.05) is 20.8 Å². The van der Waals surface area contributed by atoms with Crippen molar-refractivity contribution in [2.45, 2.75) is 39.5 Å². The molecule has 1 atom stereocenters. The third-order valence-electron chi connectivity index (χ3n) is 2.28. The number of aromatic nitrogens is 2. The predicted octanol–water partition coefficient (Wildman–Crippen LogP) is 1.97. The summed E-state index contributed by atoms with van der Waals surface area (Å²) in [5.74, 6) is 1.56. The van der Waals surface area contributed by atoms with Crippen molar-refractivity contribution < 1.29 is 0 Å². The molecule has 0 bridgehead atoms. The minimum Gasteiger partial charge on any atom is -0.330 e. The Morgan fingerprint density at radius 1 is 1.29 bits per heavy atom. The standard InChI is InChI=1S/C11H19N3/c1-7(2)10-5-9(4)13-11(14-10)8(3)6-12/h5,7-8H,6,12H2,1-4H3. The lowest BCUT2D eigenvalue weighted by Crippen LogP contribution is -2.14. The van der Waals surface area contributed by atoms with Gasteiger partial charge in [0.1, 0.15) is 5.82 Å². The van der Waals surface area contributed by atoms with Gasteiger partial charge in [0.2, 0.25) is 0 Å². The van der Waals surface area contributed by atoms with E-state index >= 15 is 0 Å². The molecule has 1 aromatic rings. The van der Waals surface area contributed by atoms with E-state index in [4.69, 9.17) is 5.73 Å². The van der Waals surface area contributed by atoms with Crippen LogP contribution >= 0.6 is 0 Å². The van der Waals surface area contributed by atoms with E-state index in [1.165, 1.54) is 0 Å². The maximum Gasteiger partial charge on any atom is 0.132 e. The first-order chi connectivity index (χ1) is 6.54. The van der Waals surface area contributed by atoms with Crippen LogP contribution in [0.4, 0.5) is 0 Å². The maximum atomic E-state index is 5.60. The molecule has 0 radical (unpaired) electrons. The number of hydrogen-bond acceptors (Lipinski definition) is 3. The van der Waals surface area contributed by atoms with E-state index in [-0.39, 0.29) is 5.92 Å². The molecule has 0 amide bonds. The van der Waals surface area contributed by atoms with Gasteiger partial charge in [0.05, 0.1) is 0 Å². The van der Waals surface area contributed by atoms with Crippen molar-refractivity contribution in [1.29, 1.82) is 0 Å². The van der Waals surface area contributed by atoms with Crippen molar-refractivity contribution in [3.63, 3.8) is 0 Å². The molecule has 0 spiro atoms. The summed E-state index contributed by atoms with van der Waals surface area (Å²) in [5, 5.41) is 0. The topological polar surface area (TPSA) is 51.8 Å². The van der Waals surface area contributed by atoms with Crippen LogP contribution in [0.3, 0.4) is 0 Å². The third kappa shape index (κ3) is 2.51. The average Bonchev–Trinajstić information content (AvgIpc) is 2.15. The summed E-state index contributed by atoms with van der Waals surface area (Å²) < 4.78 is 0. The first kappa shape index (κ1) is 11.1. The Hall–Kier alpha value is -0.960. The summed E-state index contributed by atoms with van der Waals surface area (Å²) in [5.41, 5.74) is 7.73. The van der Waals surface area contributed by atoms with E-state index in [9.17, 15) is 0 Å². The van der Waals surface area contributed by atoms with Gasteiger partial charge in [0.15, 0.2) is 0 Å². The smallest absolute Gasteiger partial charge is 0.132 e. The SMILES string of the molecule is Cc1cc(C(C)C)nc(C(C)CN)n1. The van der Waals surface area contributed by atoms with Crippen LogP contribution in [-0.2, 0) is 0 Å². The molecule has 3 heteroatoms. The normalized spacial score (nSPS) is 13.3. The van der Waals surface area contributed by atoms with Gasteiger partial charge in [-0.2, -0.15) is 0 Å². The molecule has 0 saturated carbocycles. The van der Waals surface area contributed by atoms with E-state index < -0.39 is 0 Å². The molecule has 0 aliphatic heterocycles. The second-order valence-electron chi connectivity index (χ2n) is 4.08. The number of hydrogen-bond donors (Lipinski definition) is 1. The summed E-state index contributed by atoms with van der Waals surface area (Å²) in [6.07, 6.45) is 0. The zero-order valence-corrected chi connectivity index (χ0v) is 9.41. The molecule has 0 aliphatic rings. The molecule has 1 aromatic heterocycles. The van der Waals surface area contributed by atoms with E-state index in [1.807, 2.05) is 13.0 Å². The lowest BCUT2D eigenvalue weighted by molar-refractivity contribution is 0.683. The van der Waals surface area contributed by atoms with Crippen LogP contribution in [0.1, 0.15) is 49.8 Å². The largest absolute Gasteiger partial charge is 0.330 e. The minimum atomic E-state index is 0.243. The van der Waals surface area contributed by atoms with Gasteiger partial charge >= 0.3 is 0 Å². The van der Waals surface area contributed by atoms with Crippen LogP contribution in [0.5, 0.6) is 0 Å². The Kier molecular flexibility index (Phi) is 3.58. The zero-order valence-electron chi connectivity index (χ0n) is 9.41. The average molecular weight is 193 g/mol. The van der Waals surface area contributed by atoms with Crippen LogP contribution < -0.4 is 5.73 Å². The minimum absolute atomic E-state index is 0.243. The van der Waals surface area contributed by atoms with Gasteiger partial charge in [0.25, 0.3) is 0 Å². The summed E-state index contributed by atoms with van der Waals surface area (Å²) in [6.45, 7) is 8.93. The molecule has 2 N–H and O–H groups in total. The molecular formula is C11H19N3. The highest BCUT2D eigenvalue weighted by Gasteiger charge is 2.10. The van der Waals surface area contributed by atoms with E-state index in [0.29, 0.717) is 12.5 Å². The molecule has 0 aliphatic carbocycles.